The fraction of sp³-hybridized carbons (Fsp3) is 0.455. The summed E-state index contributed by atoms with van der Waals surface area (Å²) in [4.78, 5) is 0.0938. The molecule has 106 valence electrons. The van der Waals surface area contributed by atoms with E-state index in [0.29, 0.717) is 35.7 Å². The Kier molecular flexibility index (Phi) is 4.73. The van der Waals surface area contributed by atoms with Crippen molar-refractivity contribution in [3.05, 3.63) is 21.6 Å². The number of methoxy groups -OCH3 is 1. The second-order valence-corrected chi connectivity index (χ2v) is 7.27. The van der Waals surface area contributed by atoms with Crippen LogP contribution in [0.25, 0.3) is 0 Å². The molecule has 0 aliphatic carbocycles. The first-order valence-corrected chi connectivity index (χ1v) is 8.32. The summed E-state index contributed by atoms with van der Waals surface area (Å²) < 4.78 is 32.4. The summed E-state index contributed by atoms with van der Waals surface area (Å²) in [6.07, 6.45) is 0. The van der Waals surface area contributed by atoms with Crippen LogP contribution in [0.5, 0.6) is 5.75 Å². The molecule has 0 amide bonds. The van der Waals surface area contributed by atoms with Gasteiger partial charge in [-0.2, -0.15) is 4.31 Å². The zero-order valence-corrected chi connectivity index (χ0v) is 13.5. The number of nitrogens with zero attached hydrogens (tertiary/aromatic N) is 1. The van der Waals surface area contributed by atoms with Crippen LogP contribution in [-0.4, -0.2) is 46.0 Å². The lowest BCUT2D eigenvalue weighted by molar-refractivity contribution is 0.354. The molecule has 5 nitrogen and oxygen atoms in total. The van der Waals surface area contributed by atoms with E-state index in [-0.39, 0.29) is 10.6 Å². The number of rotatable bonds is 3. The summed E-state index contributed by atoms with van der Waals surface area (Å²) in [6.45, 7) is 2.16. The van der Waals surface area contributed by atoms with Gasteiger partial charge in [-0.05, 0) is 28.1 Å². The number of ether oxygens (including phenoxy) is 1. The first-order chi connectivity index (χ1) is 8.96. The SMILES string of the molecule is COc1c(Br)cc(Cl)cc1S(=O)(=O)N1CCNCC1. The summed E-state index contributed by atoms with van der Waals surface area (Å²) >= 11 is 9.21. The first kappa shape index (κ1) is 15.1. The third kappa shape index (κ3) is 3.05. The minimum Gasteiger partial charge on any atom is -0.494 e. The molecule has 1 heterocycles. The number of hydrogen-bond acceptors (Lipinski definition) is 4. The molecule has 0 spiro atoms. The molecule has 19 heavy (non-hydrogen) atoms. The molecule has 1 aliphatic heterocycles. The molecule has 1 N–H and O–H groups in total. The van der Waals surface area contributed by atoms with E-state index in [9.17, 15) is 8.42 Å². The maximum absolute atomic E-state index is 12.6. The maximum atomic E-state index is 12.6. The van der Waals surface area contributed by atoms with E-state index in [0.717, 1.165) is 0 Å². The monoisotopic (exact) mass is 368 g/mol. The summed E-state index contributed by atoms with van der Waals surface area (Å²) in [6, 6.07) is 3.03. The van der Waals surface area contributed by atoms with Crippen LogP contribution in [0.4, 0.5) is 0 Å². The van der Waals surface area contributed by atoms with Crippen LogP contribution >= 0.6 is 27.5 Å². The second-order valence-electron chi connectivity index (χ2n) is 4.07. The van der Waals surface area contributed by atoms with Gasteiger partial charge < -0.3 is 10.1 Å². The molecule has 8 heteroatoms. The Morgan fingerprint density at radius 1 is 1.37 bits per heavy atom. The van der Waals surface area contributed by atoms with Crippen molar-refractivity contribution < 1.29 is 13.2 Å². The Labute approximate surface area is 126 Å². The molecule has 0 unspecified atom stereocenters. The van der Waals surface area contributed by atoms with Gasteiger partial charge in [0, 0.05) is 31.2 Å². The van der Waals surface area contributed by atoms with Crippen LogP contribution in [-0.2, 0) is 10.0 Å². The van der Waals surface area contributed by atoms with Gasteiger partial charge in [0.2, 0.25) is 10.0 Å². The highest BCUT2D eigenvalue weighted by atomic mass is 79.9. The number of nitrogens with one attached hydrogen (secondary N) is 1. The van der Waals surface area contributed by atoms with E-state index in [2.05, 4.69) is 21.2 Å². The number of halogens is 2. The van der Waals surface area contributed by atoms with E-state index in [1.54, 1.807) is 6.07 Å². The summed E-state index contributed by atoms with van der Waals surface area (Å²) in [5.41, 5.74) is 0. The van der Waals surface area contributed by atoms with Gasteiger partial charge in [0.1, 0.15) is 4.90 Å². The molecule has 0 radical (unpaired) electrons. The van der Waals surface area contributed by atoms with Gasteiger partial charge in [0.05, 0.1) is 11.6 Å². The standard InChI is InChI=1S/C11H14BrClN2O3S/c1-18-11-9(12)6-8(13)7-10(11)19(16,17)15-4-2-14-3-5-15/h6-7,14H,2-5H2,1H3. The van der Waals surface area contributed by atoms with Crippen molar-refractivity contribution in [3.8, 4) is 5.75 Å². The fourth-order valence-corrected chi connectivity index (χ4v) is 4.76. The highest BCUT2D eigenvalue weighted by molar-refractivity contribution is 9.10. The topological polar surface area (TPSA) is 58.6 Å². The van der Waals surface area contributed by atoms with Gasteiger partial charge in [-0.1, -0.05) is 11.6 Å². The minimum absolute atomic E-state index is 0.0938. The summed E-state index contributed by atoms with van der Waals surface area (Å²) in [5.74, 6) is 0.280. The van der Waals surface area contributed by atoms with Gasteiger partial charge in [-0.25, -0.2) is 8.42 Å². The number of hydrogen-bond donors (Lipinski definition) is 1. The highest BCUT2D eigenvalue weighted by Crippen LogP contribution is 2.36. The predicted molar refractivity (Wildman–Crippen MR) is 77.3 cm³/mol. The van der Waals surface area contributed by atoms with Gasteiger partial charge >= 0.3 is 0 Å². The average Bonchev–Trinajstić information content (AvgIpc) is 2.39. The van der Waals surface area contributed by atoms with Gasteiger partial charge in [0.15, 0.2) is 5.75 Å². The van der Waals surface area contributed by atoms with Crippen molar-refractivity contribution >= 4 is 37.6 Å². The summed E-state index contributed by atoms with van der Waals surface area (Å²) in [5, 5.41) is 3.47. The number of benzene rings is 1. The maximum Gasteiger partial charge on any atom is 0.246 e. The van der Waals surface area contributed by atoms with Crippen LogP contribution in [0.2, 0.25) is 5.02 Å². The quantitative estimate of drug-likeness (QED) is 0.881. The first-order valence-electron chi connectivity index (χ1n) is 5.70. The largest absolute Gasteiger partial charge is 0.494 e. The van der Waals surface area contributed by atoms with Crippen LogP contribution in [0.15, 0.2) is 21.5 Å². The van der Waals surface area contributed by atoms with Crippen molar-refractivity contribution in [2.75, 3.05) is 33.3 Å². The lowest BCUT2D eigenvalue weighted by Crippen LogP contribution is -2.46. The minimum atomic E-state index is -3.60. The van der Waals surface area contributed by atoms with Crippen LogP contribution < -0.4 is 10.1 Å². The van der Waals surface area contributed by atoms with Crippen molar-refractivity contribution in [2.24, 2.45) is 0 Å². The molecule has 1 aromatic carbocycles. The third-order valence-electron chi connectivity index (χ3n) is 2.87. The highest BCUT2D eigenvalue weighted by Gasteiger charge is 2.30. The van der Waals surface area contributed by atoms with Gasteiger partial charge in [0.25, 0.3) is 0 Å². The summed E-state index contributed by atoms with van der Waals surface area (Å²) in [7, 11) is -2.16. The Bertz CT molecular complexity index is 574. The normalized spacial score (nSPS) is 17.4. The molecular formula is C11H14BrClN2O3S. The molecule has 0 aromatic heterocycles. The molecule has 1 saturated heterocycles. The molecule has 0 atom stereocenters. The van der Waals surface area contributed by atoms with Crippen molar-refractivity contribution in [1.82, 2.24) is 9.62 Å². The molecule has 1 aliphatic rings. The molecule has 1 fully saturated rings. The Hall–Kier alpha value is -0.340. The molecule has 0 saturated carbocycles. The predicted octanol–water partition coefficient (Wildman–Crippen LogP) is 1.70. The van der Waals surface area contributed by atoms with E-state index in [1.165, 1.54) is 17.5 Å². The van der Waals surface area contributed by atoms with Crippen molar-refractivity contribution in [3.63, 3.8) is 0 Å². The Morgan fingerprint density at radius 2 is 2.00 bits per heavy atom. The smallest absolute Gasteiger partial charge is 0.246 e. The molecular weight excluding hydrogens is 356 g/mol. The van der Waals surface area contributed by atoms with Crippen LogP contribution in [0.3, 0.4) is 0 Å². The average molecular weight is 370 g/mol. The van der Waals surface area contributed by atoms with Crippen molar-refractivity contribution in [2.45, 2.75) is 4.90 Å². The Morgan fingerprint density at radius 3 is 2.58 bits per heavy atom. The van der Waals surface area contributed by atoms with Crippen LogP contribution in [0, 0.1) is 0 Å². The number of piperazine rings is 1. The molecule has 2 rings (SSSR count). The van der Waals surface area contributed by atoms with E-state index >= 15 is 0 Å². The zero-order chi connectivity index (χ0) is 14.0. The fourth-order valence-electron chi connectivity index (χ4n) is 1.95. The lowest BCUT2D eigenvalue weighted by Gasteiger charge is -2.27. The molecule has 1 aromatic rings. The van der Waals surface area contributed by atoms with E-state index < -0.39 is 10.0 Å². The van der Waals surface area contributed by atoms with E-state index in [1.807, 2.05) is 0 Å². The Balaban J connectivity index is 2.50. The third-order valence-corrected chi connectivity index (χ3v) is 5.58. The van der Waals surface area contributed by atoms with Gasteiger partial charge in [-0.3, -0.25) is 0 Å². The molecule has 0 bridgehead atoms. The zero-order valence-electron chi connectivity index (χ0n) is 10.3. The van der Waals surface area contributed by atoms with Crippen molar-refractivity contribution in [1.29, 1.82) is 0 Å². The van der Waals surface area contributed by atoms with E-state index in [4.69, 9.17) is 16.3 Å². The van der Waals surface area contributed by atoms with Crippen LogP contribution in [0.1, 0.15) is 0 Å². The second kappa shape index (κ2) is 5.97. The number of sulfonamides is 1. The lowest BCUT2D eigenvalue weighted by atomic mass is 10.3. The van der Waals surface area contributed by atoms with Gasteiger partial charge in [-0.15, -0.1) is 0 Å².